The van der Waals surface area contributed by atoms with E-state index in [0.29, 0.717) is 23.3 Å². The van der Waals surface area contributed by atoms with E-state index in [1.807, 2.05) is 68.4 Å². The molecule has 0 bridgehead atoms. The van der Waals surface area contributed by atoms with E-state index in [-0.39, 0.29) is 11.5 Å². The number of hydrogen-bond donors (Lipinski definition) is 2. The Balaban J connectivity index is 1.72. The molecule has 2 N–H and O–H groups in total. The zero-order valence-corrected chi connectivity index (χ0v) is 19.4. The first-order valence-electron chi connectivity index (χ1n) is 11.2. The van der Waals surface area contributed by atoms with Crippen LogP contribution >= 0.6 is 0 Å². The summed E-state index contributed by atoms with van der Waals surface area (Å²) in [6.07, 6.45) is 2.14. The number of hydrogen-bond acceptors (Lipinski definition) is 4. The Labute approximate surface area is 203 Å². The van der Waals surface area contributed by atoms with E-state index in [9.17, 15) is 14.4 Å². The van der Waals surface area contributed by atoms with E-state index >= 15 is 0 Å². The van der Waals surface area contributed by atoms with Crippen LogP contribution in [-0.2, 0) is 0 Å². The minimum absolute atomic E-state index is 0.0929. The second-order valence-electron chi connectivity index (χ2n) is 8.47. The van der Waals surface area contributed by atoms with Crippen LogP contribution in [0.25, 0.3) is 11.1 Å². The molecule has 176 valence electrons. The van der Waals surface area contributed by atoms with Gasteiger partial charge in [0, 0.05) is 35.4 Å². The summed E-state index contributed by atoms with van der Waals surface area (Å²) >= 11 is 0. The average Bonchev–Trinajstić information content (AvgIpc) is 2.85. The summed E-state index contributed by atoms with van der Waals surface area (Å²) in [6.45, 7) is 3.93. The highest BCUT2D eigenvalue weighted by atomic mass is 19.1. The van der Waals surface area contributed by atoms with Crippen molar-refractivity contribution >= 4 is 11.7 Å². The maximum absolute atomic E-state index is 14.6. The van der Waals surface area contributed by atoms with Gasteiger partial charge in [0.05, 0.1) is 11.3 Å². The van der Waals surface area contributed by atoms with Gasteiger partial charge in [-0.25, -0.2) is 9.18 Å². The van der Waals surface area contributed by atoms with Crippen LogP contribution in [-0.4, -0.2) is 27.0 Å². The predicted octanol–water partition coefficient (Wildman–Crippen LogP) is 6.60. The van der Waals surface area contributed by atoms with Crippen LogP contribution in [0.4, 0.5) is 4.39 Å². The summed E-state index contributed by atoms with van der Waals surface area (Å²) in [5.74, 6) is -1.86. The first kappa shape index (κ1) is 23.8. The van der Waals surface area contributed by atoms with E-state index in [1.165, 1.54) is 12.1 Å². The molecule has 0 saturated heterocycles. The molecule has 0 amide bonds. The summed E-state index contributed by atoms with van der Waals surface area (Å²) in [7, 11) is 0. The van der Waals surface area contributed by atoms with Crippen LogP contribution in [0.15, 0.2) is 90.2 Å². The van der Waals surface area contributed by atoms with Gasteiger partial charge in [0.15, 0.2) is 0 Å². The lowest BCUT2D eigenvalue weighted by atomic mass is 9.83. The molecule has 1 aromatic heterocycles. The summed E-state index contributed by atoms with van der Waals surface area (Å²) in [5, 5.41) is 22.6. The molecule has 4 aromatic rings. The first-order valence-corrected chi connectivity index (χ1v) is 11.2. The zero-order chi connectivity index (χ0) is 24.9. The number of benzene rings is 3. The van der Waals surface area contributed by atoms with E-state index in [1.54, 1.807) is 6.20 Å². The largest absolute Gasteiger partial charge is 0.478 e. The highest BCUT2D eigenvalue weighted by molar-refractivity contribution is 6.01. The summed E-state index contributed by atoms with van der Waals surface area (Å²) < 4.78 is 14.6. The molecule has 1 unspecified atom stereocenters. The highest BCUT2D eigenvalue weighted by Gasteiger charge is 2.21. The molecule has 0 spiro atoms. The Hall–Kier alpha value is -4.32. The average molecular weight is 469 g/mol. The van der Waals surface area contributed by atoms with Crippen LogP contribution in [0.1, 0.15) is 50.6 Å². The van der Waals surface area contributed by atoms with Crippen LogP contribution in [0.2, 0.25) is 0 Å². The topological polar surface area (TPSA) is 82.8 Å². The molecule has 0 aliphatic carbocycles. The number of oxime groups is 1. The number of pyridine rings is 1. The number of carboxylic acid groups (broad SMARTS) is 1. The van der Waals surface area contributed by atoms with E-state index in [2.05, 4.69) is 16.2 Å². The van der Waals surface area contributed by atoms with Crippen molar-refractivity contribution in [1.29, 1.82) is 0 Å². The molecule has 0 saturated carbocycles. The Morgan fingerprint density at radius 3 is 2.34 bits per heavy atom. The molecule has 4 rings (SSSR count). The molecule has 0 aliphatic rings. The van der Waals surface area contributed by atoms with Gasteiger partial charge in [0.1, 0.15) is 5.82 Å². The molecule has 35 heavy (non-hydrogen) atoms. The second-order valence-corrected chi connectivity index (χ2v) is 8.47. The van der Waals surface area contributed by atoms with Crippen molar-refractivity contribution in [2.24, 2.45) is 5.16 Å². The lowest BCUT2D eigenvalue weighted by Gasteiger charge is -2.21. The fourth-order valence-electron chi connectivity index (χ4n) is 4.30. The fraction of sp³-hybridized carbons (Fsp3) is 0.138. The van der Waals surface area contributed by atoms with Gasteiger partial charge in [-0.2, -0.15) is 0 Å². The third-order valence-corrected chi connectivity index (χ3v) is 6.15. The molecular weight excluding hydrogens is 443 g/mol. The quantitative estimate of drug-likeness (QED) is 0.182. The molecule has 0 radical (unpaired) electrons. The summed E-state index contributed by atoms with van der Waals surface area (Å²) in [4.78, 5) is 15.3. The van der Waals surface area contributed by atoms with Gasteiger partial charge in [0.25, 0.3) is 0 Å². The molecule has 1 heterocycles. The van der Waals surface area contributed by atoms with Gasteiger partial charge in [-0.05, 0) is 60.4 Å². The van der Waals surface area contributed by atoms with Crippen molar-refractivity contribution in [2.75, 3.05) is 0 Å². The van der Waals surface area contributed by atoms with Gasteiger partial charge in [-0.15, -0.1) is 0 Å². The van der Waals surface area contributed by atoms with Crippen molar-refractivity contribution in [3.63, 3.8) is 0 Å². The number of aromatic carboxylic acids is 1. The van der Waals surface area contributed by atoms with Gasteiger partial charge in [-0.3, -0.25) is 4.98 Å². The Kier molecular flexibility index (Phi) is 7.01. The third kappa shape index (κ3) is 5.27. The van der Waals surface area contributed by atoms with E-state index < -0.39 is 11.8 Å². The Morgan fingerprint density at radius 1 is 0.971 bits per heavy atom. The van der Waals surface area contributed by atoms with Crippen molar-refractivity contribution in [2.45, 2.75) is 26.2 Å². The number of halogens is 1. The second kappa shape index (κ2) is 10.3. The zero-order valence-electron chi connectivity index (χ0n) is 19.4. The van der Waals surface area contributed by atoms with E-state index in [4.69, 9.17) is 5.11 Å². The summed E-state index contributed by atoms with van der Waals surface area (Å²) in [5.41, 5.74) is 6.26. The maximum atomic E-state index is 14.6. The lowest BCUT2D eigenvalue weighted by Crippen LogP contribution is -2.12. The smallest absolute Gasteiger partial charge is 0.335 e. The van der Waals surface area contributed by atoms with Crippen LogP contribution in [0.3, 0.4) is 0 Å². The maximum Gasteiger partial charge on any atom is 0.335 e. The van der Waals surface area contributed by atoms with Crippen LogP contribution in [0, 0.1) is 19.7 Å². The Bertz CT molecular complexity index is 1400. The minimum atomic E-state index is -1.17. The minimum Gasteiger partial charge on any atom is -0.478 e. The third-order valence-electron chi connectivity index (χ3n) is 6.15. The number of rotatable bonds is 7. The van der Waals surface area contributed by atoms with Crippen molar-refractivity contribution < 1.29 is 19.5 Å². The number of carbonyl (C=O) groups is 1. The highest BCUT2D eigenvalue weighted by Crippen LogP contribution is 2.34. The van der Waals surface area contributed by atoms with Gasteiger partial charge in [-0.1, -0.05) is 59.8 Å². The molecule has 0 fully saturated rings. The number of aromatic nitrogens is 1. The van der Waals surface area contributed by atoms with Crippen LogP contribution in [0.5, 0.6) is 0 Å². The number of aryl methyl sites for hydroxylation is 2. The fourth-order valence-corrected chi connectivity index (χ4v) is 4.30. The van der Waals surface area contributed by atoms with Crippen molar-refractivity contribution in [1.82, 2.24) is 4.98 Å². The number of nitrogens with zero attached hydrogens (tertiary/aromatic N) is 2. The Morgan fingerprint density at radius 2 is 1.71 bits per heavy atom. The number of carboxylic acids is 1. The SMILES string of the molecule is Cc1cc(/C(CC(c2ccc(-c3ccc(C(=O)O)cc3F)cc2)c2ccccc2C)=N/O)ccn1. The molecule has 5 nitrogen and oxygen atoms in total. The molecule has 3 aromatic carbocycles. The van der Waals surface area contributed by atoms with Crippen molar-refractivity contribution in [3.05, 3.63) is 124 Å². The normalized spacial score (nSPS) is 12.4. The molecule has 1 atom stereocenters. The standard InChI is InChI=1S/C29H25FN2O3/c1-18-5-3-4-6-24(18)26(17-28(32-35)22-13-14-31-19(2)15-22)21-9-7-20(8-10-21)25-12-11-23(29(33)34)16-27(25)30/h3-16,26,35H,17H2,1-2H3,(H,33,34)/b32-28+. The molecule has 6 heteroatoms. The van der Waals surface area contributed by atoms with Gasteiger partial charge >= 0.3 is 5.97 Å². The lowest BCUT2D eigenvalue weighted by molar-refractivity contribution is 0.0696. The van der Waals surface area contributed by atoms with Crippen LogP contribution < -0.4 is 0 Å². The van der Waals surface area contributed by atoms with E-state index in [0.717, 1.165) is 34.0 Å². The predicted molar refractivity (Wildman–Crippen MR) is 134 cm³/mol. The monoisotopic (exact) mass is 468 g/mol. The van der Waals surface area contributed by atoms with Gasteiger partial charge < -0.3 is 10.3 Å². The van der Waals surface area contributed by atoms with Crippen molar-refractivity contribution in [3.8, 4) is 11.1 Å². The summed E-state index contributed by atoms with van der Waals surface area (Å²) in [6, 6.07) is 23.2. The first-order chi connectivity index (χ1) is 16.9. The molecule has 0 aliphatic heterocycles. The van der Waals surface area contributed by atoms with Gasteiger partial charge in [0.2, 0.25) is 0 Å². The molecular formula is C29H25FN2O3.